The second-order valence-corrected chi connectivity index (χ2v) is 4.92. The summed E-state index contributed by atoms with van der Waals surface area (Å²) in [7, 11) is 0. The van der Waals surface area contributed by atoms with Crippen LogP contribution in [0.2, 0.25) is 0 Å². The lowest BCUT2D eigenvalue weighted by Crippen LogP contribution is -2.18. The normalized spacial score (nSPS) is 31.1. The van der Waals surface area contributed by atoms with Crippen molar-refractivity contribution in [3.05, 3.63) is 0 Å². The molecule has 0 bridgehead atoms. The van der Waals surface area contributed by atoms with Crippen molar-refractivity contribution in [1.82, 2.24) is 0 Å². The van der Waals surface area contributed by atoms with E-state index in [4.69, 9.17) is 4.74 Å². The fourth-order valence-electron chi connectivity index (χ4n) is 2.80. The van der Waals surface area contributed by atoms with Crippen LogP contribution < -0.4 is 0 Å². The first-order chi connectivity index (χ1) is 6.86. The highest BCUT2D eigenvalue weighted by molar-refractivity contribution is 4.76. The van der Waals surface area contributed by atoms with Gasteiger partial charge in [0.15, 0.2) is 0 Å². The van der Waals surface area contributed by atoms with E-state index in [-0.39, 0.29) is 6.10 Å². The highest BCUT2D eigenvalue weighted by Gasteiger charge is 2.24. The minimum atomic E-state index is -0.0295. The Bertz CT molecular complexity index is 158. The molecule has 0 aromatic rings. The number of aliphatic hydroxyl groups is 1. The largest absolute Gasteiger partial charge is 0.393 e. The SMILES string of the molecule is OC(CCC1CCOC1)C1CCCC1. The van der Waals surface area contributed by atoms with Gasteiger partial charge in [0.25, 0.3) is 0 Å². The van der Waals surface area contributed by atoms with Gasteiger partial charge in [0.05, 0.1) is 6.10 Å². The first-order valence-corrected chi connectivity index (χ1v) is 6.12. The molecule has 1 aliphatic carbocycles. The molecule has 0 amide bonds. The van der Waals surface area contributed by atoms with Crippen LogP contribution >= 0.6 is 0 Å². The number of hydrogen-bond acceptors (Lipinski definition) is 2. The van der Waals surface area contributed by atoms with Gasteiger partial charge in [-0.15, -0.1) is 0 Å². The zero-order valence-corrected chi connectivity index (χ0v) is 8.95. The highest BCUT2D eigenvalue weighted by atomic mass is 16.5. The molecule has 1 saturated carbocycles. The summed E-state index contributed by atoms with van der Waals surface area (Å²) < 4.78 is 5.33. The molecule has 2 aliphatic rings. The van der Waals surface area contributed by atoms with Crippen molar-refractivity contribution >= 4 is 0 Å². The molecule has 0 aromatic heterocycles. The minimum absolute atomic E-state index is 0.0295. The van der Waals surface area contributed by atoms with E-state index in [1.807, 2.05) is 0 Å². The van der Waals surface area contributed by atoms with E-state index in [1.165, 1.54) is 32.1 Å². The Hall–Kier alpha value is -0.0800. The second-order valence-electron chi connectivity index (χ2n) is 4.92. The molecule has 1 aliphatic heterocycles. The summed E-state index contributed by atoms with van der Waals surface area (Å²) in [6, 6.07) is 0. The standard InChI is InChI=1S/C12H22O2/c13-12(11-3-1-2-4-11)6-5-10-7-8-14-9-10/h10-13H,1-9H2. The zero-order chi connectivity index (χ0) is 9.80. The van der Waals surface area contributed by atoms with Gasteiger partial charge in [0.2, 0.25) is 0 Å². The summed E-state index contributed by atoms with van der Waals surface area (Å²) in [5.74, 6) is 1.34. The predicted molar refractivity (Wildman–Crippen MR) is 56.1 cm³/mol. The smallest absolute Gasteiger partial charge is 0.0568 e. The highest BCUT2D eigenvalue weighted by Crippen LogP contribution is 2.30. The molecular weight excluding hydrogens is 176 g/mol. The lowest BCUT2D eigenvalue weighted by Gasteiger charge is -2.18. The van der Waals surface area contributed by atoms with Gasteiger partial charge in [-0.25, -0.2) is 0 Å². The fraction of sp³-hybridized carbons (Fsp3) is 1.00. The summed E-state index contributed by atoms with van der Waals surface area (Å²) in [4.78, 5) is 0. The maximum atomic E-state index is 9.97. The van der Waals surface area contributed by atoms with Crippen LogP contribution in [0.5, 0.6) is 0 Å². The van der Waals surface area contributed by atoms with Crippen molar-refractivity contribution in [2.75, 3.05) is 13.2 Å². The van der Waals surface area contributed by atoms with Gasteiger partial charge in [0.1, 0.15) is 0 Å². The van der Waals surface area contributed by atoms with Crippen molar-refractivity contribution < 1.29 is 9.84 Å². The summed E-state index contributed by atoms with van der Waals surface area (Å²) in [6.07, 6.45) is 8.50. The topological polar surface area (TPSA) is 29.5 Å². The van der Waals surface area contributed by atoms with Crippen LogP contribution in [0, 0.1) is 11.8 Å². The Morgan fingerprint density at radius 3 is 2.64 bits per heavy atom. The third-order valence-electron chi connectivity index (χ3n) is 3.84. The number of hydrogen-bond donors (Lipinski definition) is 1. The molecule has 0 radical (unpaired) electrons. The van der Waals surface area contributed by atoms with Gasteiger partial charge >= 0.3 is 0 Å². The van der Waals surface area contributed by atoms with E-state index < -0.39 is 0 Å². The summed E-state index contributed by atoms with van der Waals surface area (Å²) in [5.41, 5.74) is 0. The van der Waals surface area contributed by atoms with Gasteiger partial charge in [-0.1, -0.05) is 12.8 Å². The maximum Gasteiger partial charge on any atom is 0.0568 e. The molecule has 0 spiro atoms. The van der Waals surface area contributed by atoms with Gasteiger partial charge in [0, 0.05) is 13.2 Å². The van der Waals surface area contributed by atoms with E-state index in [9.17, 15) is 5.11 Å². The Kier molecular flexibility index (Phi) is 3.82. The average Bonchev–Trinajstić information content (AvgIpc) is 2.87. The zero-order valence-electron chi connectivity index (χ0n) is 8.95. The van der Waals surface area contributed by atoms with Gasteiger partial charge in [-0.05, 0) is 43.9 Å². The number of rotatable bonds is 4. The molecule has 2 fully saturated rings. The monoisotopic (exact) mass is 198 g/mol. The van der Waals surface area contributed by atoms with Crippen LogP contribution in [0.1, 0.15) is 44.9 Å². The first kappa shape index (κ1) is 10.4. The second kappa shape index (κ2) is 5.13. The average molecular weight is 198 g/mol. The quantitative estimate of drug-likeness (QED) is 0.751. The predicted octanol–water partition coefficient (Wildman–Crippen LogP) is 2.35. The molecule has 2 nitrogen and oxygen atoms in total. The van der Waals surface area contributed by atoms with Crippen molar-refractivity contribution in [1.29, 1.82) is 0 Å². The van der Waals surface area contributed by atoms with E-state index in [0.717, 1.165) is 32.0 Å². The number of ether oxygens (including phenoxy) is 1. The van der Waals surface area contributed by atoms with Crippen LogP contribution in [0.3, 0.4) is 0 Å². The van der Waals surface area contributed by atoms with Crippen LogP contribution in [0.25, 0.3) is 0 Å². The number of aliphatic hydroxyl groups excluding tert-OH is 1. The fourth-order valence-corrected chi connectivity index (χ4v) is 2.80. The van der Waals surface area contributed by atoms with Crippen molar-refractivity contribution in [2.24, 2.45) is 11.8 Å². The van der Waals surface area contributed by atoms with Crippen LogP contribution in [-0.4, -0.2) is 24.4 Å². The van der Waals surface area contributed by atoms with E-state index >= 15 is 0 Å². The van der Waals surface area contributed by atoms with E-state index in [1.54, 1.807) is 0 Å². The molecule has 1 saturated heterocycles. The first-order valence-electron chi connectivity index (χ1n) is 6.12. The molecule has 2 unspecified atom stereocenters. The minimum Gasteiger partial charge on any atom is -0.393 e. The molecular formula is C12H22O2. The molecule has 0 aromatic carbocycles. The third kappa shape index (κ3) is 2.71. The summed E-state index contributed by atoms with van der Waals surface area (Å²) >= 11 is 0. The van der Waals surface area contributed by atoms with Crippen LogP contribution in [0.15, 0.2) is 0 Å². The lowest BCUT2D eigenvalue weighted by molar-refractivity contribution is 0.0927. The van der Waals surface area contributed by atoms with Crippen LogP contribution in [0.4, 0.5) is 0 Å². The van der Waals surface area contributed by atoms with Crippen molar-refractivity contribution in [2.45, 2.75) is 51.0 Å². The van der Waals surface area contributed by atoms with Crippen molar-refractivity contribution in [3.63, 3.8) is 0 Å². The Morgan fingerprint density at radius 2 is 2.00 bits per heavy atom. The van der Waals surface area contributed by atoms with E-state index in [2.05, 4.69) is 0 Å². The van der Waals surface area contributed by atoms with Crippen molar-refractivity contribution in [3.8, 4) is 0 Å². The summed E-state index contributed by atoms with van der Waals surface area (Å²) in [6.45, 7) is 1.86. The Balaban J connectivity index is 1.63. The van der Waals surface area contributed by atoms with Gasteiger partial charge in [-0.2, -0.15) is 0 Å². The van der Waals surface area contributed by atoms with Crippen LogP contribution in [-0.2, 0) is 4.74 Å². The molecule has 82 valence electrons. The molecule has 2 atom stereocenters. The summed E-state index contributed by atoms with van der Waals surface area (Å²) in [5, 5.41) is 9.97. The van der Waals surface area contributed by atoms with Gasteiger partial charge in [-0.3, -0.25) is 0 Å². The lowest BCUT2D eigenvalue weighted by atomic mass is 9.93. The third-order valence-corrected chi connectivity index (χ3v) is 3.84. The molecule has 2 heteroatoms. The Morgan fingerprint density at radius 1 is 1.21 bits per heavy atom. The molecule has 2 rings (SSSR count). The van der Waals surface area contributed by atoms with E-state index in [0.29, 0.717) is 5.92 Å². The molecule has 1 N–H and O–H groups in total. The van der Waals surface area contributed by atoms with Gasteiger partial charge < -0.3 is 9.84 Å². The molecule has 1 heterocycles. The Labute approximate surface area is 86.6 Å². The maximum absolute atomic E-state index is 9.97. The molecule has 14 heavy (non-hydrogen) atoms.